The van der Waals surface area contributed by atoms with Crippen molar-refractivity contribution in [2.45, 2.75) is 0 Å². The van der Waals surface area contributed by atoms with E-state index in [4.69, 9.17) is 31.1 Å². The molecule has 0 aliphatic rings. The molecular formula is C3N3O3Rh. The molecule has 7 heteroatoms. The van der Waals surface area contributed by atoms with Crippen molar-refractivity contribution in [2.24, 2.45) is 0 Å². The number of nitriles is 3. The van der Waals surface area contributed by atoms with Crippen LogP contribution in [-0.4, -0.2) is 0 Å². The summed E-state index contributed by atoms with van der Waals surface area (Å²) in [4.78, 5) is 0. The first-order valence-corrected chi connectivity index (χ1v) is 1.28. The molecule has 0 bridgehead atoms. The quantitative estimate of drug-likeness (QED) is 0.311. The molecule has 0 heterocycles. The number of hydrogen-bond donors (Lipinski definition) is 0. The summed E-state index contributed by atoms with van der Waals surface area (Å²) < 4.78 is 0. The SMILES string of the molecule is N#C[O-].N#C[O-].N#C[O-].[Rh+3]. The minimum atomic E-state index is 0. The van der Waals surface area contributed by atoms with Crippen molar-refractivity contribution < 1.29 is 34.8 Å². The molecule has 10 heavy (non-hydrogen) atoms. The first-order valence-electron chi connectivity index (χ1n) is 1.28. The van der Waals surface area contributed by atoms with E-state index in [9.17, 15) is 0 Å². The van der Waals surface area contributed by atoms with Crippen LogP contribution in [0, 0.1) is 34.6 Å². The van der Waals surface area contributed by atoms with E-state index < -0.39 is 0 Å². The summed E-state index contributed by atoms with van der Waals surface area (Å²) in [6.07, 6.45) is 1.50. The fourth-order valence-electron chi connectivity index (χ4n) is 0. The predicted octanol–water partition coefficient (Wildman–Crippen LogP) is -3.52. The van der Waals surface area contributed by atoms with Gasteiger partial charge in [0.15, 0.2) is 0 Å². The van der Waals surface area contributed by atoms with Crippen LogP contribution in [0.5, 0.6) is 0 Å². The van der Waals surface area contributed by atoms with E-state index in [1.165, 1.54) is 0 Å². The molecule has 0 aromatic carbocycles. The van der Waals surface area contributed by atoms with Crippen molar-refractivity contribution in [3.8, 4) is 18.8 Å². The molecule has 0 aromatic rings. The van der Waals surface area contributed by atoms with E-state index in [2.05, 4.69) is 0 Å². The molecule has 0 aliphatic carbocycles. The third-order valence-corrected chi connectivity index (χ3v) is 0. The van der Waals surface area contributed by atoms with Gasteiger partial charge in [-0.2, -0.15) is 0 Å². The molecule has 0 fully saturated rings. The van der Waals surface area contributed by atoms with E-state index in [-0.39, 0.29) is 19.5 Å². The summed E-state index contributed by atoms with van der Waals surface area (Å²) in [5.74, 6) is 0. The van der Waals surface area contributed by atoms with Crippen molar-refractivity contribution in [1.82, 2.24) is 0 Å². The van der Waals surface area contributed by atoms with Crippen molar-refractivity contribution in [3.05, 3.63) is 0 Å². The Hall–Kier alpha value is -1.51. The summed E-state index contributed by atoms with van der Waals surface area (Å²) in [5, 5.41) is 45.0. The second-order valence-corrected chi connectivity index (χ2v) is 0.274. The second-order valence-electron chi connectivity index (χ2n) is 0.274. The molecule has 0 spiro atoms. The third-order valence-electron chi connectivity index (χ3n) is 0. The fourth-order valence-corrected chi connectivity index (χ4v) is 0. The first kappa shape index (κ1) is 23.6. The van der Waals surface area contributed by atoms with Gasteiger partial charge in [0.25, 0.3) is 0 Å². The van der Waals surface area contributed by atoms with Crippen molar-refractivity contribution >= 4 is 0 Å². The molecule has 0 saturated carbocycles. The Kier molecular flexibility index (Phi) is 335. The van der Waals surface area contributed by atoms with Crippen LogP contribution in [0.3, 0.4) is 0 Å². The summed E-state index contributed by atoms with van der Waals surface area (Å²) in [6, 6.07) is 0. The Balaban J connectivity index is -0.0000000257. The normalized spacial score (nSPS) is 2.10. The van der Waals surface area contributed by atoms with Crippen molar-refractivity contribution in [2.75, 3.05) is 0 Å². The molecule has 6 nitrogen and oxygen atoms in total. The van der Waals surface area contributed by atoms with Crippen LogP contribution in [0.25, 0.3) is 0 Å². The van der Waals surface area contributed by atoms with E-state index in [0.717, 1.165) is 0 Å². The van der Waals surface area contributed by atoms with Crippen LogP contribution < -0.4 is 15.3 Å². The van der Waals surface area contributed by atoms with E-state index in [1.807, 2.05) is 0 Å². The largest absolute Gasteiger partial charge is 3.00 e. The van der Waals surface area contributed by atoms with Crippen LogP contribution in [-0.2, 0) is 19.5 Å². The Bertz CT molecular complexity index is 112. The predicted molar refractivity (Wildman–Crippen MR) is 16.8 cm³/mol. The molecule has 0 atom stereocenters. The molecule has 0 N–H and O–H groups in total. The monoisotopic (exact) mass is 229 g/mol. The smallest absolute Gasteiger partial charge is 0.812 e. The topological polar surface area (TPSA) is 141 Å². The van der Waals surface area contributed by atoms with Gasteiger partial charge < -0.3 is 15.3 Å². The third kappa shape index (κ3) is 86.3. The number of nitrogens with zero attached hydrogens (tertiary/aromatic N) is 3. The number of rotatable bonds is 0. The van der Waals surface area contributed by atoms with Gasteiger partial charge in [-0.05, 0) is 0 Å². The van der Waals surface area contributed by atoms with Gasteiger partial charge in [0.05, 0.1) is 0 Å². The van der Waals surface area contributed by atoms with Crippen molar-refractivity contribution in [1.29, 1.82) is 15.8 Å². The first-order chi connectivity index (χ1) is 4.24. The maximum absolute atomic E-state index is 8.24. The van der Waals surface area contributed by atoms with Gasteiger partial charge in [-0.15, -0.1) is 0 Å². The zero-order valence-electron chi connectivity index (χ0n) is 4.40. The van der Waals surface area contributed by atoms with Gasteiger partial charge in [-0.3, -0.25) is 0 Å². The molecule has 0 aromatic heterocycles. The van der Waals surface area contributed by atoms with Gasteiger partial charge in [-0.25, -0.2) is 15.8 Å². The standard InChI is InChI=1S/3CHNO.Rh/c3*2-1-3;/h3*3H;/q;;;+3/p-3. The Morgan fingerprint density at radius 3 is 0.700 bits per heavy atom. The zero-order chi connectivity index (χ0) is 8.12. The van der Waals surface area contributed by atoms with Gasteiger partial charge in [0.1, 0.15) is 0 Å². The van der Waals surface area contributed by atoms with E-state index >= 15 is 0 Å². The van der Waals surface area contributed by atoms with Crippen LogP contribution in [0.15, 0.2) is 0 Å². The Morgan fingerprint density at radius 2 is 0.700 bits per heavy atom. The van der Waals surface area contributed by atoms with Crippen molar-refractivity contribution in [3.63, 3.8) is 0 Å². The summed E-state index contributed by atoms with van der Waals surface area (Å²) in [5.41, 5.74) is 0. The van der Waals surface area contributed by atoms with Gasteiger partial charge >= 0.3 is 19.5 Å². The molecule has 0 saturated heterocycles. The number of hydrogen-bond acceptors (Lipinski definition) is 6. The molecule has 0 aliphatic heterocycles. The minimum absolute atomic E-state index is 0. The van der Waals surface area contributed by atoms with Crippen LogP contribution in [0.1, 0.15) is 0 Å². The van der Waals surface area contributed by atoms with E-state index in [0.29, 0.717) is 18.8 Å². The van der Waals surface area contributed by atoms with Crippen LogP contribution >= 0.6 is 0 Å². The minimum Gasteiger partial charge on any atom is -0.812 e. The van der Waals surface area contributed by atoms with Gasteiger partial charge in [0.2, 0.25) is 0 Å². The Labute approximate surface area is 69.9 Å². The van der Waals surface area contributed by atoms with Gasteiger partial charge in [-0.1, -0.05) is 0 Å². The fraction of sp³-hybridized carbons (Fsp3) is 0. The molecule has 0 amide bonds. The second kappa shape index (κ2) is 142. The molecule has 0 rings (SSSR count). The maximum atomic E-state index is 8.24. The summed E-state index contributed by atoms with van der Waals surface area (Å²) in [6.45, 7) is 0. The molecule has 54 valence electrons. The maximum Gasteiger partial charge on any atom is 3.00 e. The van der Waals surface area contributed by atoms with Crippen LogP contribution in [0.2, 0.25) is 0 Å². The van der Waals surface area contributed by atoms with Gasteiger partial charge in [0, 0.05) is 18.8 Å². The van der Waals surface area contributed by atoms with E-state index in [1.54, 1.807) is 0 Å². The molecule has 0 radical (unpaired) electrons. The molecule has 0 unspecified atom stereocenters. The Morgan fingerprint density at radius 1 is 0.700 bits per heavy atom. The summed E-state index contributed by atoms with van der Waals surface area (Å²) in [7, 11) is 0. The average Bonchev–Trinajstić information content (AvgIpc) is 1.70. The van der Waals surface area contributed by atoms with Crippen LogP contribution in [0.4, 0.5) is 0 Å². The zero-order valence-corrected chi connectivity index (χ0v) is 6.04. The average molecular weight is 229 g/mol. The molecular weight excluding hydrogens is 229 g/mol. The summed E-state index contributed by atoms with van der Waals surface area (Å²) >= 11 is 0.